The number of alkyl halides is 8. The molecule has 6 saturated heterocycles. The molecule has 0 unspecified atom stereocenters. The largest absolute Gasteiger partial charge is 0.461 e. The number of hydrogen-bond donors (Lipinski definition) is 11. The lowest BCUT2D eigenvalue weighted by molar-refractivity contribution is -0.136. The number of ether oxygens (including phenoxy) is 7. The van der Waals surface area contributed by atoms with Gasteiger partial charge in [-0.1, -0.05) is 48.5 Å². The molecular weight excluding hydrogens is 1520 g/mol. The van der Waals surface area contributed by atoms with Crippen LogP contribution in [0, 0.1) is 29.6 Å². The summed E-state index contributed by atoms with van der Waals surface area (Å²) >= 11 is 11.7. The molecule has 6 aromatic heterocycles. The van der Waals surface area contributed by atoms with Crippen LogP contribution in [0.5, 0.6) is 6.01 Å². The van der Waals surface area contributed by atoms with Crippen LogP contribution in [0.4, 0.5) is 26.3 Å². The lowest BCUT2D eigenvalue weighted by Gasteiger charge is -2.30. The van der Waals surface area contributed by atoms with Gasteiger partial charge >= 0.3 is 34.5 Å². The van der Waals surface area contributed by atoms with Gasteiger partial charge in [-0.2, -0.15) is 4.98 Å². The van der Waals surface area contributed by atoms with E-state index in [4.69, 9.17) is 66.6 Å². The number of hydrogen-bond acceptors (Lipinski definition) is 25. The number of nitrogens with one attached hydrogen (secondary N) is 5. The Morgan fingerprint density at radius 3 is 1.08 bits per heavy atom. The van der Waals surface area contributed by atoms with Gasteiger partial charge in [-0.25, -0.2) is 50.3 Å². The first-order valence-electron chi connectivity index (χ1n) is 34.0. The number of halogens is 8. The van der Waals surface area contributed by atoms with Crippen LogP contribution in [0.2, 0.25) is 0 Å². The molecule has 109 heavy (non-hydrogen) atoms. The molecule has 7 aliphatic rings. The molecule has 11 N–H and O–H groups in total. The Labute approximate surface area is 620 Å². The molecule has 6 fully saturated rings. The van der Waals surface area contributed by atoms with Crippen molar-refractivity contribution < 1.29 is 90.1 Å². The Bertz CT molecular complexity index is 4440. The summed E-state index contributed by atoms with van der Waals surface area (Å²) in [4.78, 5) is 138. The Balaban J connectivity index is 0.000000165. The fourth-order valence-electron chi connectivity index (χ4n) is 13.2. The van der Waals surface area contributed by atoms with Crippen LogP contribution in [0.3, 0.4) is 0 Å². The highest BCUT2D eigenvalue weighted by Gasteiger charge is 2.58. The minimum atomic E-state index is -1.85. The standard InChI is InChI=1S/C13H19FN2O3.C11H14ClFN2O4.C11H12ClFN2O3.C11H15FN2O5.C10H13FN2O4.C9H11FN2O5/c1-4-13(5-2)8(3)10(14)11(19-13)16-7-6-9(17)15-12(16)18;1-6-8(13)9(19-11(6,4-12)5-16)15-3-2-7(17)14-10(15)18;1-6-8(13)9-15-3-2-7(16)14-10(15)17-5-11(6,4-12)18-9;1-6-8(12)9(19-11(6,4-15)5-16)14-3-2-7(17)13-10(14)18;1-5-6(4-14)17-9(8(5)11)13-3-2-7(15)12-10(13)16;10-6-7(15)4(3-13)17-8(6)12-2-1-5(14)11-9(12)16/h6-8,10-11H,4-5H2,1-3H3,(H,15,17,18);2-3,6,8-9,16H,4-5H2,1H3,(H,14,17,18);2-3,6,8-9H,4-5H2,1H3;2-3,6,8-9,15-16H,4-5H2,1H3,(H,13,17,18);2-3,5-6,8-9,14H,4H2,1H3,(H,12,15,16);1-2,4,6-8,13,15H,3H2,(H,11,14,16)/t8-,10+,11+;2*6-,8+,9+,11+;6-,8+,9+;5-,6-,8-,9-;4-,6-,7-,8-/m000011/s1. The van der Waals surface area contributed by atoms with Gasteiger partial charge in [0.05, 0.1) is 56.5 Å². The Morgan fingerprint density at radius 2 is 0.761 bits per heavy atom. The number of nitrogens with zero attached hydrogens (tertiary/aromatic N) is 7. The van der Waals surface area contributed by atoms with Crippen molar-refractivity contribution >= 4 is 23.2 Å². The maximum absolute atomic E-state index is 14.4. The summed E-state index contributed by atoms with van der Waals surface area (Å²) in [6, 6.07) is 6.85. The van der Waals surface area contributed by atoms with Gasteiger partial charge < -0.3 is 63.8 Å². The normalized spacial score (nSPS) is 32.9. The lowest BCUT2D eigenvalue weighted by atomic mass is 9.83. The average molecular weight is 1600 g/mol. The summed E-state index contributed by atoms with van der Waals surface area (Å²) in [7, 11) is 0. The molecule has 13 rings (SSSR count). The minimum absolute atomic E-state index is 0.0778. The molecular formula is C65H84Cl2F6N12O24. The highest BCUT2D eigenvalue weighted by Crippen LogP contribution is 2.49. The molecule has 0 radical (unpaired) electrons. The van der Waals surface area contributed by atoms with Crippen LogP contribution >= 0.6 is 23.2 Å². The first-order valence-corrected chi connectivity index (χ1v) is 35.1. The van der Waals surface area contributed by atoms with Gasteiger partial charge in [0.25, 0.3) is 33.4 Å². The number of aromatic amines is 5. The second kappa shape index (κ2) is 35.8. The monoisotopic (exact) mass is 1600 g/mol. The van der Waals surface area contributed by atoms with Gasteiger partial charge in [0.2, 0.25) is 0 Å². The van der Waals surface area contributed by atoms with E-state index in [1.54, 1.807) is 27.7 Å². The van der Waals surface area contributed by atoms with Gasteiger partial charge in [-0.05, 0) is 12.8 Å². The molecule has 0 aromatic carbocycles. The van der Waals surface area contributed by atoms with Gasteiger partial charge in [0.1, 0.15) is 35.6 Å². The zero-order valence-electron chi connectivity index (χ0n) is 59.2. The van der Waals surface area contributed by atoms with Crippen molar-refractivity contribution in [1.29, 1.82) is 0 Å². The third kappa shape index (κ3) is 17.6. The van der Waals surface area contributed by atoms with E-state index in [0.717, 1.165) is 65.7 Å². The Kier molecular flexibility index (Phi) is 28.4. The molecule has 0 aliphatic carbocycles. The molecule has 0 saturated carbocycles. The number of fused-ring (bicyclic) bond motifs is 4. The van der Waals surface area contributed by atoms with E-state index in [2.05, 4.69) is 9.97 Å². The highest BCUT2D eigenvalue weighted by molar-refractivity contribution is 6.18. The molecule has 22 atom stereocenters. The third-order valence-electron chi connectivity index (χ3n) is 20.7. The summed E-state index contributed by atoms with van der Waals surface area (Å²) in [5.41, 5.74) is -11.2. The summed E-state index contributed by atoms with van der Waals surface area (Å²) in [6.45, 7) is 9.71. The average Bonchev–Trinajstić information content (AvgIpc) is 1.62. The van der Waals surface area contributed by atoms with Gasteiger partial charge in [-0.15, -0.1) is 23.2 Å². The fraction of sp³-hybridized carbons (Fsp3) is 0.631. The van der Waals surface area contributed by atoms with E-state index in [9.17, 15) is 99.5 Å². The molecule has 604 valence electrons. The smallest absolute Gasteiger partial charge is 0.330 e. The van der Waals surface area contributed by atoms with Crippen molar-refractivity contribution in [3.05, 3.63) is 188 Å². The second-order valence-corrected chi connectivity index (χ2v) is 27.3. The SMILES string of the molecule is CCC1(CC)O[C@@H](n2ccc(=O)[nH]c2=O)[C@H](F)[C@@H]1C.C[C@H]1[C@@H](F)[C@H](n2ccc(=O)[nH]c2=O)OC1(CO)CO.C[C@H]1[C@@H](F)[C@H](n2ccc(=O)[nH]c2=O)O[C@@H]1CO.C[C@H]1[C@@H](F)[C@H](n2ccc(=O)[nH]c2=O)O[C@@]1(CO)CCl.C[C@H]1[C@@H](F)[C@H]2O[C@]1(CCl)COc1nc(=O)ccn12.O=c1ccn([C@@H]2O[C@H](CO)[C@@H](O)[C@H]2F)c(=O)[nH]1. The van der Waals surface area contributed by atoms with E-state index in [-0.39, 0.29) is 42.8 Å². The van der Waals surface area contributed by atoms with Crippen LogP contribution in [0.25, 0.3) is 0 Å². The maximum Gasteiger partial charge on any atom is 0.330 e. The lowest BCUT2D eigenvalue weighted by Crippen LogP contribution is -2.44. The summed E-state index contributed by atoms with van der Waals surface area (Å²) in [5, 5.41) is 55.2. The van der Waals surface area contributed by atoms with E-state index < -0.39 is 221 Å². The molecule has 44 heteroatoms. The maximum atomic E-state index is 14.4. The van der Waals surface area contributed by atoms with Crippen LogP contribution in [0.1, 0.15) is 98.7 Å². The quantitative estimate of drug-likeness (QED) is 0.0461. The van der Waals surface area contributed by atoms with Crippen LogP contribution < -0.4 is 66.5 Å². The first kappa shape index (κ1) is 86.4. The van der Waals surface area contributed by atoms with Gasteiger partial charge in [0, 0.05) is 103 Å². The predicted octanol–water partition coefficient (Wildman–Crippen LogP) is -0.987. The zero-order valence-corrected chi connectivity index (χ0v) is 60.7. The predicted molar refractivity (Wildman–Crippen MR) is 368 cm³/mol. The number of H-pyrrole nitrogens is 5. The van der Waals surface area contributed by atoms with E-state index >= 15 is 0 Å². The number of rotatable bonds is 14. The number of aliphatic hydroxyl groups excluding tert-OH is 6. The summed E-state index contributed by atoms with van der Waals surface area (Å²) in [5.74, 6) is -2.64. The first-order chi connectivity index (χ1) is 51.5. The summed E-state index contributed by atoms with van der Waals surface area (Å²) in [6.07, 6.45) is -10.3. The Morgan fingerprint density at radius 1 is 0.431 bits per heavy atom. The molecule has 13 heterocycles. The van der Waals surface area contributed by atoms with Crippen molar-refractivity contribution in [2.75, 3.05) is 51.4 Å². The van der Waals surface area contributed by atoms with E-state index in [1.807, 2.05) is 33.8 Å². The second-order valence-electron chi connectivity index (χ2n) is 26.7. The molecule has 36 nitrogen and oxygen atoms in total. The van der Waals surface area contributed by atoms with Crippen molar-refractivity contribution in [3.63, 3.8) is 0 Å². The highest BCUT2D eigenvalue weighted by atomic mass is 35.5. The van der Waals surface area contributed by atoms with Crippen molar-refractivity contribution in [2.45, 2.75) is 176 Å². The number of aliphatic hydroxyl groups is 6. The van der Waals surface area contributed by atoms with Gasteiger partial charge in [-0.3, -0.25) is 81.1 Å². The molecule has 7 aliphatic heterocycles. The Hall–Kier alpha value is -8.24. The molecule has 0 spiro atoms. The summed E-state index contributed by atoms with van der Waals surface area (Å²) < 4.78 is 129. The number of aromatic nitrogens is 12. The van der Waals surface area contributed by atoms with Crippen molar-refractivity contribution in [1.82, 2.24) is 57.3 Å². The minimum Gasteiger partial charge on any atom is -0.461 e. The third-order valence-corrected chi connectivity index (χ3v) is 21.6. The zero-order chi connectivity index (χ0) is 80.7. The molecule has 2 bridgehead atoms. The van der Waals surface area contributed by atoms with Gasteiger partial charge in [0.15, 0.2) is 74.4 Å². The topological polar surface area (TPSA) is 495 Å². The van der Waals surface area contributed by atoms with Crippen LogP contribution in [-0.4, -0.2) is 217 Å². The van der Waals surface area contributed by atoms with E-state index in [0.29, 0.717) is 12.8 Å². The van der Waals surface area contributed by atoms with Crippen molar-refractivity contribution in [3.8, 4) is 6.01 Å². The fourth-order valence-corrected chi connectivity index (χ4v) is 14.0. The molecule has 0 amide bonds. The van der Waals surface area contributed by atoms with E-state index in [1.165, 1.54) is 42.2 Å². The van der Waals surface area contributed by atoms with Crippen molar-refractivity contribution in [2.24, 2.45) is 29.6 Å². The molecule has 6 aromatic rings. The van der Waals surface area contributed by atoms with Crippen LogP contribution in [0.15, 0.2) is 126 Å². The van der Waals surface area contributed by atoms with Crippen LogP contribution in [-0.2, 0) is 28.4 Å².